The molecule has 0 saturated carbocycles. The van der Waals surface area contributed by atoms with Gasteiger partial charge < -0.3 is 5.32 Å². The Morgan fingerprint density at radius 1 is 1.03 bits per heavy atom. The average Bonchev–Trinajstić information content (AvgIpc) is 3.37. The zero-order chi connectivity index (χ0) is 23.1. The van der Waals surface area contributed by atoms with Crippen LogP contribution in [0.4, 0.5) is 14.6 Å². The number of aromatic nitrogens is 6. The molecule has 0 bridgehead atoms. The smallest absolute Gasteiger partial charge is 0.259 e. The maximum Gasteiger partial charge on any atom is 0.259 e. The number of halogens is 3. The summed E-state index contributed by atoms with van der Waals surface area (Å²) in [4.78, 5) is 21.3. The first kappa shape index (κ1) is 20.7. The lowest BCUT2D eigenvalue weighted by Gasteiger charge is -2.10. The largest absolute Gasteiger partial charge is 0.306 e. The lowest BCUT2D eigenvalue weighted by Crippen LogP contribution is -2.17. The molecule has 0 saturated heterocycles. The van der Waals surface area contributed by atoms with Crippen LogP contribution in [-0.2, 0) is 0 Å². The maximum atomic E-state index is 14.1. The van der Waals surface area contributed by atoms with E-state index in [0.29, 0.717) is 33.6 Å². The molecule has 0 aliphatic heterocycles. The SMILES string of the molecule is Cc1cc(NC(=O)c2ccc(F)cc2F)n(-c2ncnc3c2cnn3-c2ccc(Cl)cc2)n1. The lowest BCUT2D eigenvalue weighted by atomic mass is 10.2. The number of hydrogen-bond acceptors (Lipinski definition) is 5. The zero-order valence-electron chi connectivity index (χ0n) is 17.0. The summed E-state index contributed by atoms with van der Waals surface area (Å²) in [6.07, 6.45) is 2.94. The predicted molar refractivity (Wildman–Crippen MR) is 118 cm³/mol. The van der Waals surface area contributed by atoms with Gasteiger partial charge in [0, 0.05) is 17.2 Å². The van der Waals surface area contributed by atoms with Crippen molar-refractivity contribution in [1.29, 1.82) is 0 Å². The third-order valence-electron chi connectivity index (χ3n) is 4.87. The van der Waals surface area contributed by atoms with E-state index in [2.05, 4.69) is 25.5 Å². The van der Waals surface area contributed by atoms with Crippen LogP contribution >= 0.6 is 11.6 Å². The highest BCUT2D eigenvalue weighted by Gasteiger charge is 2.19. The van der Waals surface area contributed by atoms with Crippen molar-refractivity contribution >= 4 is 34.4 Å². The second-order valence-corrected chi connectivity index (χ2v) is 7.56. The Kier molecular flexibility index (Phi) is 5.06. The minimum absolute atomic E-state index is 0.250. The number of nitrogens with zero attached hydrogens (tertiary/aromatic N) is 6. The van der Waals surface area contributed by atoms with Crippen LogP contribution in [-0.4, -0.2) is 35.4 Å². The quantitative estimate of drug-likeness (QED) is 0.422. The van der Waals surface area contributed by atoms with Crippen LogP contribution in [0.1, 0.15) is 16.1 Å². The second-order valence-electron chi connectivity index (χ2n) is 7.13. The highest BCUT2D eigenvalue weighted by molar-refractivity contribution is 6.30. The van der Waals surface area contributed by atoms with Crippen LogP contribution < -0.4 is 5.32 Å². The Hall–Kier alpha value is -4.18. The third-order valence-corrected chi connectivity index (χ3v) is 5.12. The molecule has 3 aromatic heterocycles. The molecular weight excluding hydrogens is 452 g/mol. The molecule has 3 heterocycles. The first-order chi connectivity index (χ1) is 15.9. The van der Waals surface area contributed by atoms with Crippen LogP contribution in [0.3, 0.4) is 0 Å². The standard InChI is InChI=1S/C22H14ClF2N7O/c1-12-8-19(29-22(33)16-7-4-14(24)9-18(16)25)32(30-12)21-17-10-28-31(20(17)26-11-27-21)15-5-2-13(23)3-6-15/h2-11H,1H3,(H,29,33). The van der Waals surface area contributed by atoms with E-state index in [4.69, 9.17) is 11.6 Å². The number of rotatable bonds is 4. The Morgan fingerprint density at radius 2 is 1.82 bits per heavy atom. The average molecular weight is 466 g/mol. The number of nitrogens with one attached hydrogen (secondary N) is 1. The van der Waals surface area contributed by atoms with Crippen molar-refractivity contribution in [1.82, 2.24) is 29.5 Å². The van der Waals surface area contributed by atoms with E-state index in [0.717, 1.165) is 17.8 Å². The van der Waals surface area contributed by atoms with Gasteiger partial charge >= 0.3 is 0 Å². The van der Waals surface area contributed by atoms with Gasteiger partial charge in [0.25, 0.3) is 5.91 Å². The molecule has 5 aromatic rings. The van der Waals surface area contributed by atoms with Gasteiger partial charge in [0.05, 0.1) is 28.5 Å². The van der Waals surface area contributed by atoms with Crippen molar-refractivity contribution in [3.05, 3.63) is 89.0 Å². The third kappa shape index (κ3) is 3.80. The monoisotopic (exact) mass is 465 g/mol. The first-order valence-corrected chi connectivity index (χ1v) is 10.1. The number of amides is 1. The molecule has 0 fully saturated rings. The molecule has 0 spiro atoms. The van der Waals surface area contributed by atoms with E-state index in [1.54, 1.807) is 48.1 Å². The molecule has 1 amide bonds. The van der Waals surface area contributed by atoms with E-state index in [1.807, 2.05) is 0 Å². The summed E-state index contributed by atoms with van der Waals surface area (Å²) in [5.41, 5.74) is 1.54. The van der Waals surface area contributed by atoms with E-state index >= 15 is 0 Å². The van der Waals surface area contributed by atoms with E-state index in [-0.39, 0.29) is 11.4 Å². The van der Waals surface area contributed by atoms with Crippen LogP contribution in [0, 0.1) is 18.6 Å². The van der Waals surface area contributed by atoms with Crippen LogP contribution in [0.15, 0.2) is 61.1 Å². The molecular formula is C22H14ClF2N7O. The van der Waals surface area contributed by atoms with Crippen molar-refractivity contribution in [2.24, 2.45) is 0 Å². The maximum absolute atomic E-state index is 14.1. The minimum Gasteiger partial charge on any atom is -0.306 e. The number of anilines is 1. The van der Waals surface area contributed by atoms with E-state index in [9.17, 15) is 13.6 Å². The summed E-state index contributed by atoms with van der Waals surface area (Å²) in [7, 11) is 0. The Morgan fingerprint density at radius 3 is 2.58 bits per heavy atom. The van der Waals surface area contributed by atoms with Crippen LogP contribution in [0.25, 0.3) is 22.5 Å². The fourth-order valence-electron chi connectivity index (χ4n) is 3.38. The number of carbonyl (C=O) groups excluding carboxylic acids is 1. The van der Waals surface area contributed by atoms with Crippen LogP contribution in [0.2, 0.25) is 5.02 Å². The molecule has 5 rings (SSSR count). The molecule has 1 N–H and O–H groups in total. The van der Waals surface area contributed by atoms with Gasteiger partial charge in [-0.3, -0.25) is 4.79 Å². The predicted octanol–water partition coefficient (Wildman–Crippen LogP) is 4.49. The highest BCUT2D eigenvalue weighted by atomic mass is 35.5. The molecule has 0 atom stereocenters. The molecule has 0 radical (unpaired) electrons. The van der Waals surface area contributed by atoms with Gasteiger partial charge in [0.2, 0.25) is 0 Å². The molecule has 0 aliphatic rings. The number of fused-ring (bicyclic) bond motifs is 1. The summed E-state index contributed by atoms with van der Waals surface area (Å²) in [6.45, 7) is 1.74. The summed E-state index contributed by atoms with van der Waals surface area (Å²) in [5.74, 6) is -1.88. The molecule has 2 aromatic carbocycles. The number of hydrogen-bond donors (Lipinski definition) is 1. The van der Waals surface area contributed by atoms with Gasteiger partial charge in [-0.15, -0.1) is 0 Å². The topological polar surface area (TPSA) is 90.5 Å². The molecule has 11 heteroatoms. The molecule has 164 valence electrons. The van der Waals surface area contributed by atoms with Crippen molar-refractivity contribution < 1.29 is 13.6 Å². The lowest BCUT2D eigenvalue weighted by molar-refractivity contribution is 0.102. The normalized spacial score (nSPS) is 11.2. The van der Waals surface area contributed by atoms with Crippen molar-refractivity contribution in [2.75, 3.05) is 5.32 Å². The minimum atomic E-state index is -0.969. The van der Waals surface area contributed by atoms with E-state index < -0.39 is 17.5 Å². The number of benzene rings is 2. The number of carbonyl (C=O) groups is 1. The van der Waals surface area contributed by atoms with Gasteiger partial charge in [-0.05, 0) is 43.3 Å². The van der Waals surface area contributed by atoms with Crippen molar-refractivity contribution in [3.63, 3.8) is 0 Å². The van der Waals surface area contributed by atoms with Crippen molar-refractivity contribution in [3.8, 4) is 11.5 Å². The van der Waals surface area contributed by atoms with Gasteiger partial charge in [-0.25, -0.2) is 23.4 Å². The Labute approximate surface area is 190 Å². The Balaban J connectivity index is 1.56. The molecule has 33 heavy (non-hydrogen) atoms. The summed E-state index contributed by atoms with van der Waals surface area (Å²) < 4.78 is 30.3. The van der Waals surface area contributed by atoms with Crippen LogP contribution in [0.5, 0.6) is 0 Å². The summed E-state index contributed by atoms with van der Waals surface area (Å²) >= 11 is 5.98. The van der Waals surface area contributed by atoms with Crippen molar-refractivity contribution in [2.45, 2.75) is 6.92 Å². The molecule has 0 aliphatic carbocycles. The van der Waals surface area contributed by atoms with Gasteiger partial charge in [-0.1, -0.05) is 11.6 Å². The summed E-state index contributed by atoms with van der Waals surface area (Å²) in [6, 6.07) is 11.4. The second kappa shape index (κ2) is 8.06. The van der Waals surface area contributed by atoms with Gasteiger partial charge in [0.15, 0.2) is 11.5 Å². The zero-order valence-corrected chi connectivity index (χ0v) is 17.8. The van der Waals surface area contributed by atoms with Gasteiger partial charge in [0.1, 0.15) is 23.8 Å². The molecule has 0 unspecified atom stereocenters. The Bertz CT molecular complexity index is 1510. The number of aryl methyl sites for hydroxylation is 1. The van der Waals surface area contributed by atoms with Gasteiger partial charge in [-0.2, -0.15) is 14.9 Å². The first-order valence-electron chi connectivity index (χ1n) is 9.69. The highest BCUT2D eigenvalue weighted by Crippen LogP contribution is 2.25. The summed E-state index contributed by atoms with van der Waals surface area (Å²) in [5, 5.41) is 12.6. The fraction of sp³-hybridized carbons (Fsp3) is 0.0455. The van der Waals surface area contributed by atoms with E-state index in [1.165, 1.54) is 11.0 Å². The fourth-order valence-corrected chi connectivity index (χ4v) is 3.50. The molecule has 8 nitrogen and oxygen atoms in total.